The van der Waals surface area contributed by atoms with E-state index in [2.05, 4.69) is 29.5 Å². The van der Waals surface area contributed by atoms with Gasteiger partial charge >= 0.3 is 0 Å². The molecule has 1 heterocycles. The lowest BCUT2D eigenvalue weighted by molar-refractivity contribution is -0.123. The predicted octanol–water partition coefficient (Wildman–Crippen LogP) is 4.01. The molecule has 190 valence electrons. The van der Waals surface area contributed by atoms with E-state index in [1.807, 2.05) is 31.2 Å². The number of aromatic amines is 1. The van der Waals surface area contributed by atoms with Crippen LogP contribution in [0.5, 0.6) is 0 Å². The van der Waals surface area contributed by atoms with Crippen LogP contribution >= 0.6 is 0 Å². The van der Waals surface area contributed by atoms with Crippen molar-refractivity contribution in [3.05, 3.63) is 57.9 Å². The van der Waals surface area contributed by atoms with Crippen molar-refractivity contribution in [2.75, 3.05) is 6.61 Å². The molecule has 7 heteroatoms. The number of hydrogen-bond donors (Lipinski definition) is 4. The van der Waals surface area contributed by atoms with Crippen molar-refractivity contribution in [2.24, 2.45) is 5.41 Å². The number of H-pyrrole nitrogens is 1. The second-order valence-electron chi connectivity index (χ2n) is 10.4. The summed E-state index contributed by atoms with van der Waals surface area (Å²) in [7, 11) is 0. The number of aliphatic hydroxyl groups is 1. The van der Waals surface area contributed by atoms with Crippen molar-refractivity contribution in [1.29, 1.82) is 0 Å². The van der Waals surface area contributed by atoms with Crippen molar-refractivity contribution < 1.29 is 19.5 Å². The van der Waals surface area contributed by atoms with Crippen molar-refractivity contribution in [1.82, 2.24) is 15.6 Å². The highest BCUT2D eigenvalue weighted by Crippen LogP contribution is 2.36. The van der Waals surface area contributed by atoms with Crippen LogP contribution in [-0.2, 0) is 24.2 Å². The molecule has 1 aromatic heterocycles. The van der Waals surface area contributed by atoms with Crippen LogP contribution < -0.4 is 10.6 Å². The summed E-state index contributed by atoms with van der Waals surface area (Å²) in [4.78, 5) is 42.1. The Bertz CT molecular complexity index is 1050. The molecule has 0 fully saturated rings. The summed E-state index contributed by atoms with van der Waals surface area (Å²) in [6.45, 7) is 8.49. The Hall–Kier alpha value is -2.93. The molecule has 1 aliphatic carbocycles. The van der Waals surface area contributed by atoms with Gasteiger partial charge in [-0.25, -0.2) is 0 Å². The van der Waals surface area contributed by atoms with Gasteiger partial charge in [0.25, 0.3) is 5.91 Å². The molecule has 7 nitrogen and oxygen atoms in total. The van der Waals surface area contributed by atoms with Crippen LogP contribution in [0.2, 0.25) is 0 Å². The highest BCUT2D eigenvalue weighted by Gasteiger charge is 2.35. The standard InChI is InChI=1S/C28H39N3O4/c1-5-6-9-21(26(34)29-17-20-12-10-19(11-13-20)8-7-14-32)31-27(35)25-18(2)24-22(30-25)15-28(3,4)16-23(24)33/h10-13,21,30,32H,5-9,14-17H2,1-4H3,(H,29,34)(H,31,35). The number of aryl methyl sites for hydroxylation is 1. The number of fused-ring (bicyclic) bond motifs is 1. The first-order valence-electron chi connectivity index (χ1n) is 12.7. The van der Waals surface area contributed by atoms with E-state index in [4.69, 9.17) is 5.11 Å². The average Bonchev–Trinajstić information content (AvgIpc) is 3.14. The van der Waals surface area contributed by atoms with Crippen molar-refractivity contribution in [2.45, 2.75) is 85.2 Å². The summed E-state index contributed by atoms with van der Waals surface area (Å²) >= 11 is 0. The molecule has 0 spiro atoms. The van der Waals surface area contributed by atoms with E-state index in [9.17, 15) is 14.4 Å². The number of ketones is 1. The summed E-state index contributed by atoms with van der Waals surface area (Å²) < 4.78 is 0. The van der Waals surface area contributed by atoms with Crippen LogP contribution in [0.25, 0.3) is 0 Å². The van der Waals surface area contributed by atoms with E-state index < -0.39 is 6.04 Å². The number of carbonyl (C=O) groups is 3. The van der Waals surface area contributed by atoms with E-state index >= 15 is 0 Å². The van der Waals surface area contributed by atoms with Gasteiger partial charge in [0, 0.05) is 30.8 Å². The Balaban J connectivity index is 1.67. The molecule has 35 heavy (non-hydrogen) atoms. The van der Waals surface area contributed by atoms with Gasteiger partial charge in [-0.05, 0) is 54.7 Å². The molecule has 4 N–H and O–H groups in total. The van der Waals surface area contributed by atoms with E-state index in [1.54, 1.807) is 6.92 Å². The molecule has 0 saturated heterocycles. The van der Waals surface area contributed by atoms with Crippen molar-refractivity contribution in [3.8, 4) is 0 Å². The second kappa shape index (κ2) is 11.7. The highest BCUT2D eigenvalue weighted by atomic mass is 16.3. The lowest BCUT2D eigenvalue weighted by Crippen LogP contribution is -2.46. The molecular weight excluding hydrogens is 442 g/mol. The number of carbonyl (C=O) groups excluding carboxylic acids is 3. The Morgan fingerprint density at radius 2 is 1.80 bits per heavy atom. The summed E-state index contributed by atoms with van der Waals surface area (Å²) in [6, 6.07) is 7.30. The summed E-state index contributed by atoms with van der Waals surface area (Å²) in [5.74, 6) is -0.513. The van der Waals surface area contributed by atoms with Gasteiger partial charge in [0.1, 0.15) is 11.7 Å². The van der Waals surface area contributed by atoms with Gasteiger partial charge in [-0.1, -0.05) is 57.9 Å². The van der Waals surface area contributed by atoms with Crippen LogP contribution in [-0.4, -0.2) is 40.3 Å². The lowest BCUT2D eigenvalue weighted by atomic mass is 9.75. The third-order valence-electron chi connectivity index (χ3n) is 6.71. The van der Waals surface area contributed by atoms with Gasteiger partial charge in [-0.15, -0.1) is 0 Å². The SMILES string of the molecule is CCCCC(NC(=O)c1[nH]c2c(c1C)C(=O)CC(C)(C)C2)C(=O)NCc1ccc(CCCO)cc1. The topological polar surface area (TPSA) is 111 Å². The van der Waals surface area contributed by atoms with Crippen LogP contribution in [0.1, 0.15) is 96.1 Å². The number of rotatable bonds is 11. The van der Waals surface area contributed by atoms with E-state index in [-0.39, 0.29) is 29.6 Å². The zero-order valence-electron chi connectivity index (χ0n) is 21.4. The summed E-state index contributed by atoms with van der Waals surface area (Å²) in [6.07, 6.45) is 4.98. The molecule has 2 aromatic rings. The van der Waals surface area contributed by atoms with Gasteiger partial charge in [0.05, 0.1) is 0 Å². The fraction of sp³-hybridized carbons (Fsp3) is 0.536. The van der Waals surface area contributed by atoms with Crippen LogP contribution in [0.15, 0.2) is 24.3 Å². The first kappa shape index (κ1) is 26.7. The van der Waals surface area contributed by atoms with Gasteiger partial charge in [-0.3, -0.25) is 14.4 Å². The normalized spacial score (nSPS) is 15.4. The molecule has 0 bridgehead atoms. The number of amides is 2. The Labute approximate surface area is 208 Å². The molecule has 2 amide bonds. The minimum Gasteiger partial charge on any atom is -0.396 e. The number of nitrogens with one attached hydrogen (secondary N) is 3. The number of Topliss-reactive ketones (excluding diaryl/α,β-unsaturated/α-hetero) is 1. The monoisotopic (exact) mass is 481 g/mol. The van der Waals surface area contributed by atoms with Crippen LogP contribution in [0, 0.1) is 12.3 Å². The van der Waals surface area contributed by atoms with E-state index in [1.165, 1.54) is 0 Å². The third kappa shape index (κ3) is 6.82. The summed E-state index contributed by atoms with van der Waals surface area (Å²) in [5, 5.41) is 14.8. The molecular formula is C28H39N3O4. The number of hydrogen-bond acceptors (Lipinski definition) is 4. The summed E-state index contributed by atoms with van der Waals surface area (Å²) in [5.41, 5.74) is 4.45. The van der Waals surface area contributed by atoms with Crippen molar-refractivity contribution in [3.63, 3.8) is 0 Å². The number of benzene rings is 1. The van der Waals surface area contributed by atoms with Gasteiger partial charge in [0.2, 0.25) is 5.91 Å². The Kier molecular flexibility index (Phi) is 8.89. The zero-order valence-corrected chi connectivity index (χ0v) is 21.4. The average molecular weight is 482 g/mol. The highest BCUT2D eigenvalue weighted by molar-refractivity contribution is 6.05. The number of unbranched alkanes of at least 4 members (excludes halogenated alkanes) is 1. The Morgan fingerprint density at radius 3 is 2.46 bits per heavy atom. The smallest absolute Gasteiger partial charge is 0.268 e. The lowest BCUT2D eigenvalue weighted by Gasteiger charge is -2.28. The molecule has 1 aromatic carbocycles. The van der Waals surface area contributed by atoms with Crippen molar-refractivity contribution >= 4 is 17.6 Å². The fourth-order valence-corrected chi connectivity index (χ4v) is 4.79. The maximum absolute atomic E-state index is 13.2. The third-order valence-corrected chi connectivity index (χ3v) is 6.71. The molecule has 0 radical (unpaired) electrons. The maximum Gasteiger partial charge on any atom is 0.268 e. The van der Waals surface area contributed by atoms with E-state index in [0.29, 0.717) is 42.6 Å². The fourth-order valence-electron chi connectivity index (χ4n) is 4.79. The second-order valence-corrected chi connectivity index (χ2v) is 10.4. The minimum atomic E-state index is -0.654. The molecule has 1 unspecified atom stereocenters. The van der Waals surface area contributed by atoms with Gasteiger partial charge in [0.15, 0.2) is 5.78 Å². The zero-order chi connectivity index (χ0) is 25.6. The molecule has 3 rings (SSSR count). The Morgan fingerprint density at radius 1 is 1.11 bits per heavy atom. The molecule has 0 aliphatic heterocycles. The van der Waals surface area contributed by atoms with Gasteiger partial charge in [-0.2, -0.15) is 0 Å². The first-order chi connectivity index (χ1) is 16.6. The maximum atomic E-state index is 13.2. The molecule has 0 saturated carbocycles. The predicted molar refractivity (Wildman–Crippen MR) is 136 cm³/mol. The molecule has 1 aliphatic rings. The quantitative estimate of drug-likeness (QED) is 0.389. The minimum absolute atomic E-state index is 0.0618. The van der Waals surface area contributed by atoms with Crippen LogP contribution in [0.4, 0.5) is 0 Å². The molecule has 1 atom stereocenters. The number of aliphatic hydroxyl groups excluding tert-OH is 1. The van der Waals surface area contributed by atoms with E-state index in [0.717, 1.165) is 42.5 Å². The van der Waals surface area contributed by atoms with Gasteiger partial charge < -0.3 is 20.7 Å². The number of aromatic nitrogens is 1. The largest absolute Gasteiger partial charge is 0.396 e. The van der Waals surface area contributed by atoms with Crippen LogP contribution in [0.3, 0.4) is 0 Å². The first-order valence-corrected chi connectivity index (χ1v) is 12.7.